The van der Waals surface area contributed by atoms with Crippen LogP contribution in [0.25, 0.3) is 6.08 Å². The van der Waals surface area contributed by atoms with Gasteiger partial charge in [-0.2, -0.15) is 0 Å². The number of carbonyl (C=O) groups is 3. The molecule has 252 valence electrons. The van der Waals surface area contributed by atoms with Gasteiger partial charge in [0.25, 0.3) is 17.5 Å². The SMILES string of the molecule is Cc1ccc([N+](=O)[O-])cc1NC(=O)C(Sc1cccc(NC(=O)/C(=C\c2ccc(N(C)C)cc2)NC(=O)c2ccccc2)c1)c1ccccc1. The largest absolute Gasteiger partial charge is 0.378 e. The molecule has 11 heteroatoms. The minimum absolute atomic E-state index is 0.0448. The molecule has 0 fully saturated rings. The molecule has 5 rings (SSSR count). The van der Waals surface area contributed by atoms with E-state index < -0.39 is 22.0 Å². The number of carbonyl (C=O) groups excluding carboxylic acids is 3. The van der Waals surface area contributed by atoms with Crippen molar-refractivity contribution in [2.24, 2.45) is 0 Å². The van der Waals surface area contributed by atoms with E-state index >= 15 is 0 Å². The van der Waals surface area contributed by atoms with Crippen molar-refractivity contribution in [2.75, 3.05) is 29.6 Å². The predicted molar refractivity (Wildman–Crippen MR) is 199 cm³/mol. The van der Waals surface area contributed by atoms with Crippen molar-refractivity contribution >= 4 is 58.3 Å². The highest BCUT2D eigenvalue weighted by atomic mass is 32.2. The number of hydrogen-bond donors (Lipinski definition) is 3. The number of aryl methyl sites for hydroxylation is 1. The molecule has 3 amide bonds. The van der Waals surface area contributed by atoms with Crippen LogP contribution in [-0.4, -0.2) is 36.7 Å². The molecule has 5 aromatic rings. The van der Waals surface area contributed by atoms with Crippen LogP contribution in [0.3, 0.4) is 0 Å². The Kier molecular flexibility index (Phi) is 11.4. The van der Waals surface area contributed by atoms with Gasteiger partial charge in [0.2, 0.25) is 5.91 Å². The van der Waals surface area contributed by atoms with Crippen LogP contribution in [0.5, 0.6) is 0 Å². The van der Waals surface area contributed by atoms with Crippen molar-refractivity contribution in [2.45, 2.75) is 17.1 Å². The summed E-state index contributed by atoms with van der Waals surface area (Å²) in [6, 6.07) is 36.7. The van der Waals surface area contributed by atoms with Crippen LogP contribution in [0, 0.1) is 17.0 Å². The Morgan fingerprint density at radius 3 is 2.14 bits per heavy atom. The van der Waals surface area contributed by atoms with E-state index in [9.17, 15) is 24.5 Å². The first-order valence-corrected chi connectivity index (χ1v) is 16.5. The van der Waals surface area contributed by atoms with E-state index in [0.717, 1.165) is 11.3 Å². The van der Waals surface area contributed by atoms with Crippen molar-refractivity contribution < 1.29 is 19.3 Å². The van der Waals surface area contributed by atoms with Gasteiger partial charge in [0.15, 0.2) is 0 Å². The number of hydrogen-bond acceptors (Lipinski definition) is 7. The summed E-state index contributed by atoms with van der Waals surface area (Å²) in [5.41, 5.74) is 4.22. The molecule has 5 aromatic carbocycles. The molecule has 1 atom stereocenters. The highest BCUT2D eigenvalue weighted by Gasteiger charge is 2.24. The Hall–Kier alpha value is -6.20. The summed E-state index contributed by atoms with van der Waals surface area (Å²) in [5, 5.41) is 19.2. The second-order valence-corrected chi connectivity index (χ2v) is 12.7. The zero-order valence-electron chi connectivity index (χ0n) is 27.6. The number of nitro benzene ring substituents is 1. The van der Waals surface area contributed by atoms with Crippen LogP contribution in [0.1, 0.15) is 32.3 Å². The second-order valence-electron chi connectivity index (χ2n) is 11.5. The smallest absolute Gasteiger partial charge is 0.272 e. The maximum absolute atomic E-state index is 13.7. The second kappa shape index (κ2) is 16.3. The van der Waals surface area contributed by atoms with Gasteiger partial charge in [-0.1, -0.05) is 72.8 Å². The summed E-state index contributed by atoms with van der Waals surface area (Å²) in [6.07, 6.45) is 1.61. The lowest BCUT2D eigenvalue weighted by molar-refractivity contribution is -0.384. The maximum atomic E-state index is 13.7. The highest BCUT2D eigenvalue weighted by Crippen LogP contribution is 2.38. The van der Waals surface area contributed by atoms with Crippen LogP contribution >= 0.6 is 11.8 Å². The first-order chi connectivity index (χ1) is 24.1. The summed E-state index contributed by atoms with van der Waals surface area (Å²) >= 11 is 1.26. The van der Waals surface area contributed by atoms with Gasteiger partial charge in [-0.3, -0.25) is 24.5 Å². The molecule has 0 aliphatic carbocycles. The summed E-state index contributed by atoms with van der Waals surface area (Å²) in [5.74, 6) is -1.34. The number of amides is 3. The molecule has 0 saturated heterocycles. The zero-order chi connectivity index (χ0) is 35.6. The van der Waals surface area contributed by atoms with Crippen LogP contribution < -0.4 is 20.9 Å². The van der Waals surface area contributed by atoms with E-state index in [1.807, 2.05) is 79.7 Å². The number of nitrogens with one attached hydrogen (secondary N) is 3. The number of rotatable bonds is 12. The summed E-state index contributed by atoms with van der Waals surface area (Å²) in [4.78, 5) is 54.1. The summed E-state index contributed by atoms with van der Waals surface area (Å²) < 4.78 is 0. The number of nitro groups is 1. The van der Waals surface area contributed by atoms with Crippen LogP contribution in [-0.2, 0) is 9.59 Å². The molecule has 0 heterocycles. The molecule has 50 heavy (non-hydrogen) atoms. The Bertz CT molecular complexity index is 2030. The quantitative estimate of drug-likeness (QED) is 0.0527. The van der Waals surface area contributed by atoms with Gasteiger partial charge in [0.1, 0.15) is 10.9 Å². The predicted octanol–water partition coefficient (Wildman–Crippen LogP) is 7.85. The van der Waals surface area contributed by atoms with E-state index in [-0.39, 0.29) is 17.3 Å². The lowest BCUT2D eigenvalue weighted by Crippen LogP contribution is -2.30. The highest BCUT2D eigenvalue weighted by molar-refractivity contribution is 8.00. The van der Waals surface area contributed by atoms with Crippen molar-refractivity contribution in [3.63, 3.8) is 0 Å². The topological polar surface area (TPSA) is 134 Å². The zero-order valence-corrected chi connectivity index (χ0v) is 28.4. The molecular formula is C39H35N5O5S. The lowest BCUT2D eigenvalue weighted by Gasteiger charge is -2.18. The fraction of sp³-hybridized carbons (Fsp3) is 0.103. The normalized spacial score (nSPS) is 11.6. The van der Waals surface area contributed by atoms with Gasteiger partial charge in [-0.15, -0.1) is 11.8 Å². The van der Waals surface area contributed by atoms with Gasteiger partial charge >= 0.3 is 0 Å². The Labute approximate surface area is 294 Å². The van der Waals surface area contributed by atoms with E-state index in [4.69, 9.17) is 0 Å². The van der Waals surface area contributed by atoms with E-state index in [1.165, 1.54) is 23.9 Å². The molecule has 0 spiro atoms. The lowest BCUT2D eigenvalue weighted by atomic mass is 10.1. The average molecular weight is 686 g/mol. The molecule has 10 nitrogen and oxygen atoms in total. The molecule has 0 bridgehead atoms. The van der Waals surface area contributed by atoms with Crippen LogP contribution in [0.4, 0.5) is 22.7 Å². The molecule has 3 N–H and O–H groups in total. The van der Waals surface area contributed by atoms with Gasteiger partial charge in [-0.05, 0) is 72.2 Å². The van der Waals surface area contributed by atoms with Gasteiger partial charge < -0.3 is 20.9 Å². The van der Waals surface area contributed by atoms with Crippen molar-refractivity contribution in [3.05, 3.63) is 165 Å². The number of nitrogens with zero attached hydrogens (tertiary/aromatic N) is 2. The third-order valence-corrected chi connectivity index (χ3v) is 8.87. The monoisotopic (exact) mass is 685 g/mol. The van der Waals surface area contributed by atoms with Crippen molar-refractivity contribution in [3.8, 4) is 0 Å². The van der Waals surface area contributed by atoms with Gasteiger partial charge in [0, 0.05) is 48.1 Å². The molecule has 1 unspecified atom stereocenters. The van der Waals surface area contributed by atoms with E-state index in [1.54, 1.807) is 67.6 Å². The summed E-state index contributed by atoms with van der Waals surface area (Å²) in [7, 11) is 3.87. The van der Waals surface area contributed by atoms with Crippen molar-refractivity contribution in [1.29, 1.82) is 0 Å². The fourth-order valence-electron chi connectivity index (χ4n) is 4.92. The number of thioether (sulfide) groups is 1. The third kappa shape index (κ3) is 9.24. The summed E-state index contributed by atoms with van der Waals surface area (Å²) in [6.45, 7) is 1.76. The Balaban J connectivity index is 1.39. The molecule has 0 radical (unpaired) electrons. The number of anilines is 3. The molecule has 0 aliphatic heterocycles. The standard InChI is InChI=1S/C39H35N5O5S/c1-26-17-20-32(44(48)49)25-34(26)41-39(47)36(28-11-6-4-7-12-28)50-33-16-10-15-30(24-33)40-38(46)35(42-37(45)29-13-8-5-9-14-29)23-27-18-21-31(22-19-27)43(2)3/h4-25,36H,1-3H3,(H,40,46)(H,41,47)(H,42,45)/b35-23+. The first-order valence-electron chi connectivity index (χ1n) is 15.6. The number of benzene rings is 5. The van der Waals surface area contributed by atoms with E-state index in [2.05, 4.69) is 16.0 Å². The minimum Gasteiger partial charge on any atom is -0.378 e. The van der Waals surface area contributed by atoms with Crippen molar-refractivity contribution in [1.82, 2.24) is 5.32 Å². The van der Waals surface area contributed by atoms with Crippen LogP contribution in [0.15, 0.2) is 138 Å². The maximum Gasteiger partial charge on any atom is 0.272 e. The fourth-order valence-corrected chi connectivity index (χ4v) is 6.00. The number of non-ortho nitro benzene ring substituents is 1. The molecule has 0 saturated carbocycles. The van der Waals surface area contributed by atoms with Gasteiger partial charge in [0.05, 0.1) is 10.6 Å². The third-order valence-electron chi connectivity index (χ3n) is 7.63. The van der Waals surface area contributed by atoms with Crippen LogP contribution in [0.2, 0.25) is 0 Å². The first kappa shape index (κ1) is 35.1. The van der Waals surface area contributed by atoms with E-state index in [0.29, 0.717) is 33.0 Å². The molecular weight excluding hydrogens is 651 g/mol. The Morgan fingerprint density at radius 2 is 1.48 bits per heavy atom. The minimum atomic E-state index is -0.730. The molecule has 0 aromatic heterocycles. The molecule has 0 aliphatic rings. The van der Waals surface area contributed by atoms with Gasteiger partial charge in [-0.25, -0.2) is 0 Å². The Morgan fingerprint density at radius 1 is 0.800 bits per heavy atom. The average Bonchev–Trinajstić information content (AvgIpc) is 3.12.